The van der Waals surface area contributed by atoms with Gasteiger partial charge >= 0.3 is 0 Å². The van der Waals surface area contributed by atoms with E-state index in [9.17, 15) is 8.42 Å². The zero-order valence-corrected chi connectivity index (χ0v) is 13.0. The molecule has 0 saturated carbocycles. The van der Waals surface area contributed by atoms with Crippen LogP contribution in [0.3, 0.4) is 0 Å². The van der Waals surface area contributed by atoms with Crippen molar-refractivity contribution in [1.82, 2.24) is 14.5 Å². The SMILES string of the molecule is CC1(C)CCN(S(=O)(=O)CCN2CCNCC2)CC1. The Morgan fingerprint density at radius 2 is 1.63 bits per heavy atom. The average molecular weight is 289 g/mol. The highest BCUT2D eigenvalue weighted by Gasteiger charge is 2.31. The standard InChI is InChI=1S/C13H27N3O2S/c1-13(2)3-7-16(8-4-13)19(17,18)12-11-15-9-5-14-6-10-15/h14H,3-12H2,1-2H3. The first-order valence-corrected chi connectivity index (χ1v) is 8.91. The fraction of sp³-hybridized carbons (Fsp3) is 1.00. The van der Waals surface area contributed by atoms with Crippen molar-refractivity contribution < 1.29 is 8.42 Å². The third kappa shape index (κ3) is 4.41. The largest absolute Gasteiger partial charge is 0.314 e. The zero-order valence-electron chi connectivity index (χ0n) is 12.2. The Bertz CT molecular complexity index is 379. The van der Waals surface area contributed by atoms with Gasteiger partial charge < -0.3 is 5.32 Å². The number of rotatable bonds is 4. The van der Waals surface area contributed by atoms with Gasteiger partial charge in [-0.05, 0) is 18.3 Å². The van der Waals surface area contributed by atoms with Crippen molar-refractivity contribution in [1.29, 1.82) is 0 Å². The third-order valence-corrected chi connectivity index (χ3v) is 6.19. The molecular formula is C13H27N3O2S. The van der Waals surface area contributed by atoms with Gasteiger partial charge in [-0.25, -0.2) is 12.7 Å². The molecule has 0 aliphatic carbocycles. The molecule has 1 N–H and O–H groups in total. The van der Waals surface area contributed by atoms with E-state index in [1.807, 2.05) is 0 Å². The first-order valence-electron chi connectivity index (χ1n) is 7.30. The highest BCUT2D eigenvalue weighted by atomic mass is 32.2. The number of nitrogens with zero attached hydrogens (tertiary/aromatic N) is 2. The van der Waals surface area contributed by atoms with E-state index in [1.54, 1.807) is 4.31 Å². The number of piperazine rings is 1. The number of nitrogens with one attached hydrogen (secondary N) is 1. The topological polar surface area (TPSA) is 52.7 Å². The summed E-state index contributed by atoms with van der Waals surface area (Å²) in [7, 11) is -3.06. The first-order chi connectivity index (χ1) is 8.89. The molecule has 0 spiro atoms. The van der Waals surface area contributed by atoms with Crippen LogP contribution >= 0.6 is 0 Å². The van der Waals surface area contributed by atoms with Crippen LogP contribution in [0, 0.1) is 5.41 Å². The molecule has 0 radical (unpaired) electrons. The molecule has 2 fully saturated rings. The summed E-state index contributed by atoms with van der Waals surface area (Å²) >= 11 is 0. The second-order valence-corrected chi connectivity index (χ2v) is 8.56. The van der Waals surface area contributed by atoms with E-state index in [2.05, 4.69) is 24.1 Å². The smallest absolute Gasteiger partial charge is 0.215 e. The van der Waals surface area contributed by atoms with E-state index in [4.69, 9.17) is 0 Å². The number of sulfonamides is 1. The average Bonchev–Trinajstić information content (AvgIpc) is 2.37. The summed E-state index contributed by atoms with van der Waals surface area (Å²) in [5, 5.41) is 3.28. The quantitative estimate of drug-likeness (QED) is 0.811. The summed E-state index contributed by atoms with van der Waals surface area (Å²) in [6.45, 7) is 10.4. The minimum atomic E-state index is -3.06. The third-order valence-electron chi connectivity index (χ3n) is 4.34. The minimum Gasteiger partial charge on any atom is -0.314 e. The highest BCUT2D eigenvalue weighted by molar-refractivity contribution is 7.89. The van der Waals surface area contributed by atoms with Gasteiger partial charge in [0.25, 0.3) is 0 Å². The summed E-state index contributed by atoms with van der Waals surface area (Å²) in [4.78, 5) is 2.24. The molecule has 0 unspecified atom stereocenters. The van der Waals surface area contributed by atoms with Gasteiger partial charge in [0.2, 0.25) is 10.0 Å². The van der Waals surface area contributed by atoms with Crippen LogP contribution in [0.2, 0.25) is 0 Å². The molecule has 2 saturated heterocycles. The van der Waals surface area contributed by atoms with Gasteiger partial charge in [-0.2, -0.15) is 0 Å². The molecule has 6 heteroatoms. The molecule has 2 rings (SSSR count). The molecule has 2 aliphatic rings. The molecular weight excluding hydrogens is 262 g/mol. The van der Waals surface area contributed by atoms with Crippen LogP contribution in [-0.4, -0.2) is 69.2 Å². The van der Waals surface area contributed by atoms with Gasteiger partial charge in [-0.1, -0.05) is 13.8 Å². The molecule has 0 amide bonds. The second-order valence-electron chi connectivity index (χ2n) is 6.47. The lowest BCUT2D eigenvalue weighted by Gasteiger charge is -2.36. The summed E-state index contributed by atoms with van der Waals surface area (Å²) in [6, 6.07) is 0. The van der Waals surface area contributed by atoms with E-state index in [0.29, 0.717) is 25.0 Å². The van der Waals surface area contributed by atoms with Gasteiger partial charge in [0.05, 0.1) is 5.75 Å². The van der Waals surface area contributed by atoms with E-state index in [0.717, 1.165) is 39.0 Å². The van der Waals surface area contributed by atoms with Crippen LogP contribution in [0.25, 0.3) is 0 Å². The number of hydrogen-bond acceptors (Lipinski definition) is 4. The van der Waals surface area contributed by atoms with Crippen LogP contribution in [0.15, 0.2) is 0 Å². The Morgan fingerprint density at radius 3 is 2.21 bits per heavy atom. The molecule has 0 bridgehead atoms. The Balaban J connectivity index is 1.81. The van der Waals surface area contributed by atoms with Crippen molar-refractivity contribution in [3.63, 3.8) is 0 Å². The fourth-order valence-electron chi connectivity index (χ4n) is 2.68. The van der Waals surface area contributed by atoms with Crippen LogP contribution in [0.4, 0.5) is 0 Å². The molecule has 2 heterocycles. The van der Waals surface area contributed by atoms with Gasteiger partial charge in [0.15, 0.2) is 0 Å². The van der Waals surface area contributed by atoms with Crippen LogP contribution < -0.4 is 5.32 Å². The number of piperidine rings is 1. The summed E-state index contributed by atoms with van der Waals surface area (Å²) in [5.41, 5.74) is 0.296. The highest BCUT2D eigenvalue weighted by Crippen LogP contribution is 2.30. The van der Waals surface area contributed by atoms with Crippen molar-refractivity contribution >= 4 is 10.0 Å². The maximum Gasteiger partial charge on any atom is 0.215 e. The second kappa shape index (κ2) is 6.08. The molecule has 2 aliphatic heterocycles. The lowest BCUT2D eigenvalue weighted by molar-refractivity contribution is 0.194. The normalized spacial score (nSPS) is 26.4. The maximum absolute atomic E-state index is 12.3. The van der Waals surface area contributed by atoms with E-state index >= 15 is 0 Å². The Labute approximate surface area is 117 Å². The zero-order chi connectivity index (χ0) is 13.9. The Hall–Kier alpha value is -0.170. The van der Waals surface area contributed by atoms with Crippen molar-refractivity contribution in [3.8, 4) is 0 Å². The van der Waals surface area contributed by atoms with Crippen LogP contribution in [0.5, 0.6) is 0 Å². The van der Waals surface area contributed by atoms with Crippen LogP contribution in [0.1, 0.15) is 26.7 Å². The van der Waals surface area contributed by atoms with Gasteiger partial charge in [0.1, 0.15) is 0 Å². The number of hydrogen-bond donors (Lipinski definition) is 1. The first kappa shape index (κ1) is 15.2. The van der Waals surface area contributed by atoms with Crippen molar-refractivity contribution in [2.45, 2.75) is 26.7 Å². The van der Waals surface area contributed by atoms with Gasteiger partial charge in [0, 0.05) is 45.8 Å². The lowest BCUT2D eigenvalue weighted by Crippen LogP contribution is -2.47. The van der Waals surface area contributed by atoms with E-state index in [1.165, 1.54) is 0 Å². The summed E-state index contributed by atoms with van der Waals surface area (Å²) in [5.74, 6) is 0.271. The lowest BCUT2D eigenvalue weighted by atomic mass is 9.83. The summed E-state index contributed by atoms with van der Waals surface area (Å²) < 4.78 is 26.3. The predicted octanol–water partition coefficient (Wildman–Crippen LogP) is 0.343. The monoisotopic (exact) mass is 289 g/mol. The Morgan fingerprint density at radius 1 is 1.05 bits per heavy atom. The molecule has 0 aromatic heterocycles. The molecule has 112 valence electrons. The minimum absolute atomic E-state index is 0.271. The fourth-order valence-corrected chi connectivity index (χ4v) is 4.16. The maximum atomic E-state index is 12.3. The van der Waals surface area contributed by atoms with Crippen molar-refractivity contribution in [3.05, 3.63) is 0 Å². The molecule has 5 nitrogen and oxygen atoms in total. The molecule has 19 heavy (non-hydrogen) atoms. The van der Waals surface area contributed by atoms with E-state index < -0.39 is 10.0 Å². The van der Waals surface area contributed by atoms with Gasteiger partial charge in [-0.15, -0.1) is 0 Å². The van der Waals surface area contributed by atoms with Gasteiger partial charge in [-0.3, -0.25) is 4.90 Å². The molecule has 0 aromatic rings. The predicted molar refractivity (Wildman–Crippen MR) is 77.7 cm³/mol. The summed E-state index contributed by atoms with van der Waals surface area (Å²) in [6.07, 6.45) is 1.94. The van der Waals surface area contributed by atoms with Crippen molar-refractivity contribution in [2.75, 3.05) is 51.6 Å². The van der Waals surface area contributed by atoms with E-state index in [-0.39, 0.29) is 5.75 Å². The van der Waals surface area contributed by atoms with Crippen molar-refractivity contribution in [2.24, 2.45) is 5.41 Å². The molecule has 0 aromatic carbocycles. The molecule has 0 atom stereocenters. The van der Waals surface area contributed by atoms with Crippen LogP contribution in [-0.2, 0) is 10.0 Å². The Kier molecular flexibility index (Phi) is 4.87.